The van der Waals surface area contributed by atoms with Crippen molar-refractivity contribution < 1.29 is 14.3 Å². The number of fused-ring (bicyclic) bond motifs is 1. The number of hydrogen-bond acceptors (Lipinski definition) is 4. The van der Waals surface area contributed by atoms with E-state index in [1.165, 1.54) is 6.42 Å². The van der Waals surface area contributed by atoms with Gasteiger partial charge in [-0.1, -0.05) is 19.9 Å². The molecule has 2 N–H and O–H groups in total. The van der Waals surface area contributed by atoms with Gasteiger partial charge in [0.15, 0.2) is 0 Å². The van der Waals surface area contributed by atoms with Gasteiger partial charge in [-0.25, -0.2) is 0 Å². The standard InChI is InChI=1S/C19H28N2O3/c1-19(2)16(15-8-5-11-24-17(15)19)20-9-10-21-18(22)13-6-4-7-14(12-13)23-3/h4,6-7,12,15-17,20H,5,8-11H2,1-3H3,(H,21,22)/t15-,16+,17+/m0/s1. The van der Waals surface area contributed by atoms with Crippen molar-refractivity contribution >= 4 is 5.91 Å². The second-order valence-electron chi connectivity index (χ2n) is 7.34. The zero-order valence-corrected chi connectivity index (χ0v) is 14.8. The Hall–Kier alpha value is -1.59. The summed E-state index contributed by atoms with van der Waals surface area (Å²) in [7, 11) is 1.60. The third kappa shape index (κ3) is 3.28. The van der Waals surface area contributed by atoms with E-state index in [1.54, 1.807) is 19.2 Å². The Morgan fingerprint density at radius 2 is 2.21 bits per heavy atom. The number of benzene rings is 1. The lowest BCUT2D eigenvalue weighted by Gasteiger charge is -2.60. The summed E-state index contributed by atoms with van der Waals surface area (Å²) >= 11 is 0. The van der Waals surface area contributed by atoms with E-state index in [9.17, 15) is 4.79 Å². The Balaban J connectivity index is 1.44. The molecule has 132 valence electrons. The van der Waals surface area contributed by atoms with Crippen LogP contribution in [-0.4, -0.2) is 44.9 Å². The molecule has 0 radical (unpaired) electrons. The molecule has 1 aliphatic heterocycles. The van der Waals surface area contributed by atoms with Crippen LogP contribution in [0.15, 0.2) is 24.3 Å². The zero-order chi connectivity index (χ0) is 17.2. The maximum Gasteiger partial charge on any atom is 0.251 e. The number of amides is 1. The fourth-order valence-corrected chi connectivity index (χ4v) is 4.21. The number of hydrogen-bond donors (Lipinski definition) is 2. The number of ether oxygens (including phenoxy) is 2. The van der Waals surface area contributed by atoms with Crippen LogP contribution in [0.25, 0.3) is 0 Å². The molecule has 5 heteroatoms. The normalized spacial score (nSPS) is 27.7. The molecule has 24 heavy (non-hydrogen) atoms. The van der Waals surface area contributed by atoms with Crippen molar-refractivity contribution in [3.8, 4) is 5.75 Å². The molecule has 0 aromatic heterocycles. The van der Waals surface area contributed by atoms with Gasteiger partial charge in [0.05, 0.1) is 13.2 Å². The van der Waals surface area contributed by atoms with Gasteiger partial charge < -0.3 is 20.1 Å². The average molecular weight is 332 g/mol. The molecule has 1 amide bonds. The minimum atomic E-state index is -0.0672. The van der Waals surface area contributed by atoms with Gasteiger partial charge in [0.2, 0.25) is 0 Å². The Kier molecular flexibility index (Phi) is 5.11. The molecule has 2 aliphatic rings. The van der Waals surface area contributed by atoms with Gasteiger partial charge in [-0.15, -0.1) is 0 Å². The summed E-state index contributed by atoms with van der Waals surface area (Å²) < 4.78 is 11.1. The summed E-state index contributed by atoms with van der Waals surface area (Å²) in [5.74, 6) is 1.24. The second-order valence-corrected chi connectivity index (χ2v) is 7.34. The quantitative estimate of drug-likeness (QED) is 0.784. The average Bonchev–Trinajstić information content (AvgIpc) is 2.61. The first-order chi connectivity index (χ1) is 11.5. The highest BCUT2D eigenvalue weighted by Crippen LogP contribution is 2.51. The van der Waals surface area contributed by atoms with Crippen LogP contribution in [0.5, 0.6) is 5.75 Å². The predicted molar refractivity (Wildman–Crippen MR) is 93.4 cm³/mol. The summed E-state index contributed by atoms with van der Waals surface area (Å²) in [6, 6.07) is 7.68. The van der Waals surface area contributed by atoms with Crippen LogP contribution in [0.1, 0.15) is 37.0 Å². The zero-order valence-electron chi connectivity index (χ0n) is 14.8. The fourth-order valence-electron chi connectivity index (χ4n) is 4.21. The topological polar surface area (TPSA) is 59.6 Å². The molecule has 0 spiro atoms. The van der Waals surface area contributed by atoms with E-state index in [0.717, 1.165) is 19.6 Å². The minimum Gasteiger partial charge on any atom is -0.497 e. The van der Waals surface area contributed by atoms with Gasteiger partial charge in [0, 0.05) is 42.6 Å². The van der Waals surface area contributed by atoms with E-state index in [-0.39, 0.29) is 11.3 Å². The highest BCUT2D eigenvalue weighted by Gasteiger charge is 2.57. The SMILES string of the molecule is COc1cccc(C(=O)NCCN[C@@H]2[C@@H]3CCCO[C@H]3C2(C)C)c1. The summed E-state index contributed by atoms with van der Waals surface area (Å²) in [5.41, 5.74) is 0.793. The molecular formula is C19H28N2O3. The molecular weight excluding hydrogens is 304 g/mol. The largest absolute Gasteiger partial charge is 0.497 e. The van der Waals surface area contributed by atoms with Crippen molar-refractivity contribution in [2.75, 3.05) is 26.8 Å². The number of carbonyl (C=O) groups is 1. The van der Waals surface area contributed by atoms with Crippen molar-refractivity contribution in [3.05, 3.63) is 29.8 Å². The van der Waals surface area contributed by atoms with Gasteiger partial charge >= 0.3 is 0 Å². The van der Waals surface area contributed by atoms with E-state index >= 15 is 0 Å². The highest BCUT2D eigenvalue weighted by atomic mass is 16.5. The van der Waals surface area contributed by atoms with E-state index in [0.29, 0.717) is 35.9 Å². The molecule has 0 bridgehead atoms. The van der Waals surface area contributed by atoms with Crippen LogP contribution in [-0.2, 0) is 4.74 Å². The second kappa shape index (κ2) is 7.11. The van der Waals surface area contributed by atoms with Crippen LogP contribution >= 0.6 is 0 Å². The first-order valence-electron chi connectivity index (χ1n) is 8.81. The smallest absolute Gasteiger partial charge is 0.251 e. The van der Waals surface area contributed by atoms with Crippen molar-refractivity contribution in [3.63, 3.8) is 0 Å². The Labute approximate surface area is 144 Å². The molecule has 2 fully saturated rings. The first kappa shape index (κ1) is 17.2. The summed E-state index contributed by atoms with van der Waals surface area (Å²) in [6.45, 7) is 6.82. The maximum absolute atomic E-state index is 12.2. The van der Waals surface area contributed by atoms with Crippen molar-refractivity contribution in [1.82, 2.24) is 10.6 Å². The molecule has 1 saturated carbocycles. The molecule has 1 heterocycles. The van der Waals surface area contributed by atoms with Crippen molar-refractivity contribution in [1.29, 1.82) is 0 Å². The number of carbonyl (C=O) groups excluding carboxylic acids is 1. The summed E-state index contributed by atoms with van der Waals surface area (Å²) in [6.07, 6.45) is 2.78. The van der Waals surface area contributed by atoms with Crippen LogP contribution in [0.3, 0.4) is 0 Å². The third-order valence-electron chi connectivity index (χ3n) is 5.44. The van der Waals surface area contributed by atoms with Crippen LogP contribution in [0.4, 0.5) is 0 Å². The van der Waals surface area contributed by atoms with E-state index in [1.807, 2.05) is 12.1 Å². The van der Waals surface area contributed by atoms with Crippen molar-refractivity contribution in [2.45, 2.75) is 38.8 Å². The van der Waals surface area contributed by atoms with Crippen LogP contribution < -0.4 is 15.4 Å². The fraction of sp³-hybridized carbons (Fsp3) is 0.632. The first-order valence-corrected chi connectivity index (χ1v) is 8.81. The summed E-state index contributed by atoms with van der Waals surface area (Å²) in [4.78, 5) is 12.2. The monoisotopic (exact) mass is 332 g/mol. The molecule has 5 nitrogen and oxygen atoms in total. The predicted octanol–water partition coefficient (Wildman–Crippen LogP) is 2.22. The lowest BCUT2D eigenvalue weighted by Crippen LogP contribution is -2.69. The minimum absolute atomic E-state index is 0.0672. The molecule has 1 aromatic carbocycles. The molecule has 3 rings (SSSR count). The molecule has 1 aliphatic carbocycles. The molecule has 1 aromatic rings. The van der Waals surface area contributed by atoms with E-state index in [4.69, 9.17) is 9.47 Å². The molecule has 0 unspecified atom stereocenters. The molecule has 1 saturated heterocycles. The highest BCUT2D eigenvalue weighted by molar-refractivity contribution is 5.94. The van der Waals surface area contributed by atoms with E-state index in [2.05, 4.69) is 24.5 Å². The third-order valence-corrected chi connectivity index (χ3v) is 5.44. The Morgan fingerprint density at radius 1 is 1.38 bits per heavy atom. The van der Waals surface area contributed by atoms with Gasteiger partial charge in [-0.05, 0) is 31.0 Å². The van der Waals surface area contributed by atoms with Crippen LogP contribution in [0.2, 0.25) is 0 Å². The van der Waals surface area contributed by atoms with E-state index < -0.39 is 0 Å². The van der Waals surface area contributed by atoms with Gasteiger partial charge in [0.25, 0.3) is 5.91 Å². The maximum atomic E-state index is 12.2. The van der Waals surface area contributed by atoms with Crippen molar-refractivity contribution in [2.24, 2.45) is 11.3 Å². The van der Waals surface area contributed by atoms with Gasteiger partial charge in [-0.3, -0.25) is 4.79 Å². The van der Waals surface area contributed by atoms with Crippen LogP contribution in [0, 0.1) is 11.3 Å². The lowest BCUT2D eigenvalue weighted by molar-refractivity contribution is -0.192. The Bertz CT molecular complexity index is 588. The molecule has 3 atom stereocenters. The van der Waals surface area contributed by atoms with Gasteiger partial charge in [0.1, 0.15) is 5.75 Å². The number of nitrogens with one attached hydrogen (secondary N) is 2. The summed E-state index contributed by atoms with van der Waals surface area (Å²) in [5, 5.41) is 6.58. The lowest BCUT2D eigenvalue weighted by atomic mass is 9.55. The van der Waals surface area contributed by atoms with Gasteiger partial charge in [-0.2, -0.15) is 0 Å². The number of rotatable bonds is 6. The number of methoxy groups -OCH3 is 1. The Morgan fingerprint density at radius 3 is 3.00 bits per heavy atom.